The van der Waals surface area contributed by atoms with E-state index in [0.29, 0.717) is 5.92 Å². The predicted molar refractivity (Wildman–Crippen MR) is 80.1 cm³/mol. The lowest BCUT2D eigenvalue weighted by Crippen LogP contribution is -2.09. The van der Waals surface area contributed by atoms with Crippen molar-refractivity contribution in [3.05, 3.63) is 65.5 Å². The van der Waals surface area contributed by atoms with Crippen molar-refractivity contribution in [1.82, 2.24) is 4.98 Å². The second-order valence-corrected chi connectivity index (χ2v) is 5.03. The molecule has 2 N–H and O–H groups in total. The first-order valence-electron chi connectivity index (χ1n) is 6.95. The first-order valence-corrected chi connectivity index (χ1v) is 6.95. The van der Waals surface area contributed by atoms with Crippen LogP contribution >= 0.6 is 0 Å². The summed E-state index contributed by atoms with van der Waals surface area (Å²) in [5.74, 6) is 0.512. The number of aryl methyl sites for hydroxylation is 2. The highest BCUT2D eigenvalue weighted by atomic mass is 14.6. The molecule has 0 fully saturated rings. The van der Waals surface area contributed by atoms with Crippen molar-refractivity contribution in [3.8, 4) is 0 Å². The van der Waals surface area contributed by atoms with Gasteiger partial charge in [-0.1, -0.05) is 30.3 Å². The van der Waals surface area contributed by atoms with Crippen LogP contribution in [0.4, 0.5) is 0 Å². The summed E-state index contributed by atoms with van der Waals surface area (Å²) in [5.41, 5.74) is 9.87. The summed E-state index contributed by atoms with van der Waals surface area (Å²) in [6.45, 7) is 2.91. The largest absolute Gasteiger partial charge is 0.330 e. The molecule has 0 amide bonds. The van der Waals surface area contributed by atoms with Gasteiger partial charge in [0.15, 0.2) is 0 Å². The molecule has 0 saturated heterocycles. The second-order valence-electron chi connectivity index (χ2n) is 5.03. The van der Waals surface area contributed by atoms with Gasteiger partial charge in [-0.25, -0.2) is 0 Å². The van der Waals surface area contributed by atoms with Gasteiger partial charge in [-0.15, -0.1) is 0 Å². The summed E-state index contributed by atoms with van der Waals surface area (Å²) in [4.78, 5) is 4.22. The monoisotopic (exact) mass is 254 g/mol. The van der Waals surface area contributed by atoms with Gasteiger partial charge in [0, 0.05) is 12.4 Å². The van der Waals surface area contributed by atoms with E-state index < -0.39 is 0 Å². The topological polar surface area (TPSA) is 38.9 Å². The summed E-state index contributed by atoms with van der Waals surface area (Å²) in [6, 6.07) is 12.8. The van der Waals surface area contributed by atoms with E-state index in [1.165, 1.54) is 16.7 Å². The summed E-state index contributed by atoms with van der Waals surface area (Å²) < 4.78 is 0. The molecule has 1 aromatic carbocycles. The molecule has 0 spiro atoms. The van der Waals surface area contributed by atoms with Crippen molar-refractivity contribution >= 4 is 0 Å². The number of nitrogens with two attached hydrogens (primary N) is 1. The SMILES string of the molecule is Cc1ccccc1CCC(CCN)c1cccnc1. The number of hydrogen-bond acceptors (Lipinski definition) is 2. The van der Waals surface area contributed by atoms with Crippen molar-refractivity contribution in [2.24, 2.45) is 5.73 Å². The maximum absolute atomic E-state index is 5.75. The third kappa shape index (κ3) is 3.90. The minimum absolute atomic E-state index is 0.512. The van der Waals surface area contributed by atoms with Crippen LogP contribution in [0.25, 0.3) is 0 Å². The van der Waals surface area contributed by atoms with E-state index in [1.54, 1.807) is 0 Å². The maximum atomic E-state index is 5.75. The van der Waals surface area contributed by atoms with Crippen LogP contribution in [0.3, 0.4) is 0 Å². The summed E-state index contributed by atoms with van der Waals surface area (Å²) in [7, 11) is 0. The first kappa shape index (κ1) is 13.8. The molecule has 100 valence electrons. The van der Waals surface area contributed by atoms with E-state index in [1.807, 2.05) is 18.5 Å². The predicted octanol–water partition coefficient (Wildman–Crippen LogP) is 3.46. The Morgan fingerprint density at radius 2 is 1.95 bits per heavy atom. The fourth-order valence-electron chi connectivity index (χ4n) is 2.52. The van der Waals surface area contributed by atoms with Crippen LogP contribution in [-0.2, 0) is 6.42 Å². The lowest BCUT2D eigenvalue weighted by Gasteiger charge is -2.16. The molecular formula is C17H22N2. The summed E-state index contributed by atoms with van der Waals surface area (Å²) in [5, 5.41) is 0. The Morgan fingerprint density at radius 1 is 1.11 bits per heavy atom. The van der Waals surface area contributed by atoms with Crippen LogP contribution in [0, 0.1) is 6.92 Å². The van der Waals surface area contributed by atoms with Crippen LogP contribution in [-0.4, -0.2) is 11.5 Å². The molecule has 0 aliphatic heterocycles. The quantitative estimate of drug-likeness (QED) is 0.857. The number of rotatable bonds is 6. The zero-order valence-electron chi connectivity index (χ0n) is 11.5. The molecule has 19 heavy (non-hydrogen) atoms. The van der Waals surface area contributed by atoms with Gasteiger partial charge < -0.3 is 5.73 Å². The average Bonchev–Trinajstić information content (AvgIpc) is 2.46. The minimum atomic E-state index is 0.512. The molecule has 2 rings (SSSR count). The third-order valence-corrected chi connectivity index (χ3v) is 3.69. The fourth-order valence-corrected chi connectivity index (χ4v) is 2.52. The molecule has 1 unspecified atom stereocenters. The molecular weight excluding hydrogens is 232 g/mol. The van der Waals surface area contributed by atoms with E-state index in [2.05, 4.69) is 42.2 Å². The molecule has 2 nitrogen and oxygen atoms in total. The zero-order valence-corrected chi connectivity index (χ0v) is 11.5. The Bertz CT molecular complexity index is 494. The van der Waals surface area contributed by atoms with Gasteiger partial charge in [0.1, 0.15) is 0 Å². The highest BCUT2D eigenvalue weighted by Crippen LogP contribution is 2.24. The minimum Gasteiger partial charge on any atom is -0.330 e. The maximum Gasteiger partial charge on any atom is 0.0302 e. The van der Waals surface area contributed by atoms with Crippen molar-refractivity contribution < 1.29 is 0 Å². The lowest BCUT2D eigenvalue weighted by molar-refractivity contribution is 0.581. The van der Waals surface area contributed by atoms with Crippen LogP contribution < -0.4 is 5.73 Å². The van der Waals surface area contributed by atoms with Crippen molar-refractivity contribution in [2.45, 2.75) is 32.1 Å². The molecule has 1 heterocycles. The second kappa shape index (κ2) is 7.05. The third-order valence-electron chi connectivity index (χ3n) is 3.69. The molecule has 0 saturated carbocycles. The number of pyridine rings is 1. The molecule has 0 radical (unpaired) electrons. The number of hydrogen-bond donors (Lipinski definition) is 1. The van der Waals surface area contributed by atoms with E-state index in [-0.39, 0.29) is 0 Å². The highest BCUT2D eigenvalue weighted by Gasteiger charge is 2.11. The molecule has 0 aliphatic carbocycles. The van der Waals surface area contributed by atoms with Crippen LogP contribution in [0.5, 0.6) is 0 Å². The summed E-state index contributed by atoms with van der Waals surface area (Å²) in [6.07, 6.45) is 7.06. The summed E-state index contributed by atoms with van der Waals surface area (Å²) >= 11 is 0. The van der Waals surface area contributed by atoms with Gasteiger partial charge in [-0.3, -0.25) is 4.98 Å². The lowest BCUT2D eigenvalue weighted by atomic mass is 9.90. The number of benzene rings is 1. The molecule has 1 atom stereocenters. The van der Waals surface area contributed by atoms with E-state index in [9.17, 15) is 0 Å². The van der Waals surface area contributed by atoms with Crippen LogP contribution in [0.2, 0.25) is 0 Å². The molecule has 2 heteroatoms. The van der Waals surface area contributed by atoms with Crippen LogP contribution in [0.15, 0.2) is 48.8 Å². The average molecular weight is 254 g/mol. The van der Waals surface area contributed by atoms with Gasteiger partial charge in [-0.2, -0.15) is 0 Å². The van der Waals surface area contributed by atoms with Gasteiger partial charge >= 0.3 is 0 Å². The van der Waals surface area contributed by atoms with Gasteiger partial charge in [0.2, 0.25) is 0 Å². The van der Waals surface area contributed by atoms with Gasteiger partial charge in [0.25, 0.3) is 0 Å². The normalized spacial score (nSPS) is 12.3. The smallest absolute Gasteiger partial charge is 0.0302 e. The fraction of sp³-hybridized carbons (Fsp3) is 0.353. The van der Waals surface area contributed by atoms with Crippen LogP contribution in [0.1, 0.15) is 35.4 Å². The van der Waals surface area contributed by atoms with Gasteiger partial charge in [-0.05, 0) is 61.4 Å². The molecule has 2 aromatic rings. The Kier molecular flexibility index (Phi) is 5.10. The number of nitrogens with zero attached hydrogens (tertiary/aromatic N) is 1. The molecule has 0 aliphatic rings. The van der Waals surface area contributed by atoms with E-state index >= 15 is 0 Å². The number of aromatic nitrogens is 1. The van der Waals surface area contributed by atoms with E-state index in [0.717, 1.165) is 25.8 Å². The van der Waals surface area contributed by atoms with Crippen molar-refractivity contribution in [2.75, 3.05) is 6.54 Å². The van der Waals surface area contributed by atoms with Gasteiger partial charge in [0.05, 0.1) is 0 Å². The first-order chi connectivity index (χ1) is 9.31. The highest BCUT2D eigenvalue weighted by molar-refractivity contribution is 5.26. The Balaban J connectivity index is 2.04. The van der Waals surface area contributed by atoms with E-state index in [4.69, 9.17) is 5.73 Å². The molecule has 0 bridgehead atoms. The molecule has 1 aromatic heterocycles. The zero-order chi connectivity index (χ0) is 13.5. The standard InChI is InChI=1S/C17H22N2/c1-14-5-2-3-6-15(14)8-9-16(10-11-18)17-7-4-12-19-13-17/h2-7,12-13,16H,8-11,18H2,1H3. The van der Waals surface area contributed by atoms with Crippen molar-refractivity contribution in [3.63, 3.8) is 0 Å². The Labute approximate surface area is 115 Å². The Morgan fingerprint density at radius 3 is 2.63 bits per heavy atom. The van der Waals surface area contributed by atoms with Crippen molar-refractivity contribution in [1.29, 1.82) is 0 Å². The Hall–Kier alpha value is -1.67.